The van der Waals surface area contributed by atoms with Crippen LogP contribution in [0.2, 0.25) is 0 Å². The van der Waals surface area contributed by atoms with Crippen molar-refractivity contribution >= 4 is 5.91 Å². The van der Waals surface area contributed by atoms with Crippen molar-refractivity contribution in [1.82, 2.24) is 4.98 Å². The van der Waals surface area contributed by atoms with Gasteiger partial charge < -0.3 is 19.9 Å². The molecule has 1 aromatic heterocycles. The SMILES string of the molecule is NC(=O)c1ccc(Oc2ccc(C3OC=CO3)cc2F)cn1. The molecular formula is C15H11FN2O4. The van der Waals surface area contributed by atoms with Gasteiger partial charge >= 0.3 is 0 Å². The van der Waals surface area contributed by atoms with E-state index in [-0.39, 0.29) is 17.2 Å². The van der Waals surface area contributed by atoms with Crippen LogP contribution in [0.5, 0.6) is 11.5 Å². The van der Waals surface area contributed by atoms with Crippen LogP contribution >= 0.6 is 0 Å². The van der Waals surface area contributed by atoms with Gasteiger partial charge in [0.25, 0.3) is 12.2 Å². The van der Waals surface area contributed by atoms with E-state index in [1.807, 2.05) is 0 Å². The Balaban J connectivity index is 1.76. The van der Waals surface area contributed by atoms with Crippen molar-refractivity contribution in [3.05, 3.63) is 66.1 Å². The third kappa shape index (κ3) is 2.83. The summed E-state index contributed by atoms with van der Waals surface area (Å²) in [4.78, 5) is 14.7. The molecule has 7 heteroatoms. The molecule has 0 spiro atoms. The molecule has 22 heavy (non-hydrogen) atoms. The molecule has 0 atom stereocenters. The van der Waals surface area contributed by atoms with Gasteiger partial charge in [0, 0.05) is 5.56 Å². The fourth-order valence-electron chi connectivity index (χ4n) is 1.86. The van der Waals surface area contributed by atoms with Crippen LogP contribution in [0, 0.1) is 5.82 Å². The molecule has 0 bridgehead atoms. The molecular weight excluding hydrogens is 291 g/mol. The normalized spacial score (nSPS) is 13.5. The fourth-order valence-corrected chi connectivity index (χ4v) is 1.86. The Morgan fingerprint density at radius 1 is 1.23 bits per heavy atom. The molecule has 2 aromatic rings. The number of hydrogen-bond donors (Lipinski definition) is 1. The number of rotatable bonds is 4. The summed E-state index contributed by atoms with van der Waals surface area (Å²) in [5, 5.41) is 0. The maximum absolute atomic E-state index is 14.0. The molecule has 3 rings (SSSR count). The van der Waals surface area contributed by atoms with E-state index in [0.717, 1.165) is 0 Å². The van der Waals surface area contributed by atoms with Crippen LogP contribution in [0.15, 0.2) is 49.1 Å². The summed E-state index contributed by atoms with van der Waals surface area (Å²) in [6.07, 6.45) is 3.42. The van der Waals surface area contributed by atoms with Gasteiger partial charge in [0.1, 0.15) is 24.0 Å². The maximum atomic E-state index is 14.0. The predicted molar refractivity (Wildman–Crippen MR) is 73.3 cm³/mol. The first-order chi connectivity index (χ1) is 10.6. The Labute approximate surface area is 124 Å². The highest BCUT2D eigenvalue weighted by molar-refractivity contribution is 5.90. The van der Waals surface area contributed by atoms with E-state index in [0.29, 0.717) is 5.56 Å². The summed E-state index contributed by atoms with van der Waals surface area (Å²) in [5.74, 6) is -0.919. The quantitative estimate of drug-likeness (QED) is 0.938. The lowest BCUT2D eigenvalue weighted by molar-refractivity contribution is -0.0248. The Kier molecular flexibility index (Phi) is 3.61. The predicted octanol–water partition coefficient (Wildman–Crippen LogP) is 2.63. The first-order valence-corrected chi connectivity index (χ1v) is 6.32. The second kappa shape index (κ2) is 5.72. The molecule has 2 N–H and O–H groups in total. The zero-order chi connectivity index (χ0) is 15.5. The molecule has 1 amide bonds. The number of hydrogen-bond acceptors (Lipinski definition) is 5. The highest BCUT2D eigenvalue weighted by Crippen LogP contribution is 2.30. The first kappa shape index (κ1) is 13.9. The lowest BCUT2D eigenvalue weighted by atomic mass is 10.2. The smallest absolute Gasteiger partial charge is 0.267 e. The topological polar surface area (TPSA) is 83.7 Å². The van der Waals surface area contributed by atoms with Gasteiger partial charge in [0.15, 0.2) is 11.6 Å². The minimum atomic E-state index is -0.653. The molecule has 1 aliphatic rings. The minimum Gasteiger partial charge on any atom is -0.455 e. The Morgan fingerprint density at radius 3 is 2.59 bits per heavy atom. The van der Waals surface area contributed by atoms with E-state index in [9.17, 15) is 9.18 Å². The maximum Gasteiger partial charge on any atom is 0.267 e. The van der Waals surface area contributed by atoms with E-state index >= 15 is 0 Å². The largest absolute Gasteiger partial charge is 0.455 e. The van der Waals surface area contributed by atoms with E-state index in [1.54, 1.807) is 6.07 Å². The van der Waals surface area contributed by atoms with Gasteiger partial charge in [-0.15, -0.1) is 0 Å². The summed E-state index contributed by atoms with van der Waals surface area (Å²) in [5.41, 5.74) is 5.71. The Morgan fingerprint density at radius 2 is 2.00 bits per heavy atom. The number of carbonyl (C=O) groups excluding carboxylic acids is 1. The summed E-state index contributed by atoms with van der Waals surface area (Å²) < 4.78 is 29.7. The number of ether oxygens (including phenoxy) is 3. The lowest BCUT2D eigenvalue weighted by Crippen LogP contribution is -2.12. The van der Waals surface area contributed by atoms with Crippen LogP contribution in [0.3, 0.4) is 0 Å². The number of aromatic nitrogens is 1. The van der Waals surface area contributed by atoms with Gasteiger partial charge in [-0.2, -0.15) is 0 Å². The highest BCUT2D eigenvalue weighted by atomic mass is 19.1. The van der Waals surface area contributed by atoms with Crippen molar-refractivity contribution in [1.29, 1.82) is 0 Å². The molecule has 1 aliphatic heterocycles. The van der Waals surface area contributed by atoms with Crippen molar-refractivity contribution in [2.45, 2.75) is 6.29 Å². The first-order valence-electron chi connectivity index (χ1n) is 6.32. The van der Waals surface area contributed by atoms with Crippen LogP contribution in [0.25, 0.3) is 0 Å². The van der Waals surface area contributed by atoms with Gasteiger partial charge in [-0.3, -0.25) is 4.79 Å². The summed E-state index contributed by atoms with van der Waals surface area (Å²) in [6, 6.07) is 7.22. The van der Waals surface area contributed by atoms with Gasteiger partial charge in [-0.05, 0) is 30.3 Å². The number of nitrogens with zero attached hydrogens (tertiary/aromatic N) is 1. The third-order valence-electron chi connectivity index (χ3n) is 2.90. The third-order valence-corrected chi connectivity index (χ3v) is 2.90. The van der Waals surface area contributed by atoms with Crippen LogP contribution in [-0.2, 0) is 9.47 Å². The van der Waals surface area contributed by atoms with E-state index in [2.05, 4.69) is 4.98 Å². The monoisotopic (exact) mass is 302 g/mol. The highest BCUT2D eigenvalue weighted by Gasteiger charge is 2.18. The molecule has 0 saturated heterocycles. The Bertz CT molecular complexity index is 723. The number of pyridine rings is 1. The number of nitrogens with two attached hydrogens (primary N) is 1. The molecule has 0 fully saturated rings. The molecule has 0 radical (unpaired) electrons. The van der Waals surface area contributed by atoms with Crippen molar-refractivity contribution in [3.63, 3.8) is 0 Å². The number of primary amides is 1. The lowest BCUT2D eigenvalue weighted by Gasteiger charge is -2.12. The number of halogens is 1. The average Bonchev–Trinajstić information content (AvgIpc) is 3.04. The molecule has 6 nitrogen and oxygen atoms in total. The van der Waals surface area contributed by atoms with Crippen LogP contribution in [-0.4, -0.2) is 10.9 Å². The standard InChI is InChI=1S/C15H11FN2O4/c16-11-7-9(15-20-5-6-21-15)1-4-13(11)22-10-2-3-12(14(17)19)18-8-10/h1-8,15H,(H2,17,19). The molecule has 112 valence electrons. The second-order valence-electron chi connectivity index (χ2n) is 4.41. The minimum absolute atomic E-state index is 0.0170. The summed E-state index contributed by atoms with van der Waals surface area (Å²) in [6.45, 7) is 0. The zero-order valence-electron chi connectivity index (χ0n) is 11.2. The molecule has 0 saturated carbocycles. The van der Waals surface area contributed by atoms with Crippen LogP contribution in [0.1, 0.15) is 22.3 Å². The molecule has 0 aliphatic carbocycles. The van der Waals surface area contributed by atoms with E-state index in [1.165, 1.54) is 43.0 Å². The fraction of sp³-hybridized carbons (Fsp3) is 0.0667. The van der Waals surface area contributed by atoms with Crippen molar-refractivity contribution in [2.75, 3.05) is 0 Å². The number of benzene rings is 1. The van der Waals surface area contributed by atoms with E-state index < -0.39 is 18.0 Å². The average molecular weight is 302 g/mol. The molecule has 0 unspecified atom stereocenters. The number of carbonyl (C=O) groups is 1. The van der Waals surface area contributed by atoms with Crippen molar-refractivity contribution in [2.24, 2.45) is 5.73 Å². The zero-order valence-corrected chi connectivity index (χ0v) is 11.2. The van der Waals surface area contributed by atoms with Crippen LogP contribution in [0.4, 0.5) is 4.39 Å². The summed E-state index contributed by atoms with van der Waals surface area (Å²) >= 11 is 0. The van der Waals surface area contributed by atoms with Gasteiger partial charge in [-0.25, -0.2) is 9.37 Å². The van der Waals surface area contributed by atoms with Gasteiger partial charge in [0.2, 0.25) is 0 Å². The van der Waals surface area contributed by atoms with Crippen molar-refractivity contribution in [3.8, 4) is 11.5 Å². The van der Waals surface area contributed by atoms with Crippen LogP contribution < -0.4 is 10.5 Å². The second-order valence-corrected chi connectivity index (χ2v) is 4.41. The van der Waals surface area contributed by atoms with Gasteiger partial charge in [-0.1, -0.05) is 0 Å². The molecule has 2 heterocycles. The van der Waals surface area contributed by atoms with Gasteiger partial charge in [0.05, 0.1) is 6.20 Å². The Hall–Kier alpha value is -3.09. The van der Waals surface area contributed by atoms with Crippen molar-refractivity contribution < 1.29 is 23.4 Å². The summed E-state index contributed by atoms with van der Waals surface area (Å²) in [7, 11) is 0. The van der Waals surface area contributed by atoms with E-state index in [4.69, 9.17) is 19.9 Å². The molecule has 1 aromatic carbocycles. The number of amides is 1.